The van der Waals surface area contributed by atoms with Crippen molar-refractivity contribution in [3.8, 4) is 17.6 Å². The highest BCUT2D eigenvalue weighted by Gasteiger charge is 2.14. The van der Waals surface area contributed by atoms with Crippen LogP contribution < -0.4 is 4.74 Å². The van der Waals surface area contributed by atoms with Gasteiger partial charge in [0.15, 0.2) is 5.75 Å². The summed E-state index contributed by atoms with van der Waals surface area (Å²) in [6.45, 7) is -0.185. The molecule has 0 saturated heterocycles. The lowest BCUT2D eigenvalue weighted by Crippen LogP contribution is -2.00. The number of nitro benzene ring substituents is 1. The van der Waals surface area contributed by atoms with Gasteiger partial charge in [0.25, 0.3) is 0 Å². The number of aliphatic hydroxyl groups excluding tert-OH is 1. The van der Waals surface area contributed by atoms with Crippen LogP contribution in [-0.2, 0) is 6.61 Å². The summed E-state index contributed by atoms with van der Waals surface area (Å²) in [5, 5.41) is 26.0. The summed E-state index contributed by atoms with van der Waals surface area (Å²) < 4.78 is 5.42. The Labute approximate surface area is 114 Å². The van der Waals surface area contributed by atoms with E-state index in [4.69, 9.17) is 9.84 Å². The molecule has 2 N–H and O–H groups in total. The molecule has 0 radical (unpaired) electrons. The Bertz CT molecular complexity index is 669. The lowest BCUT2D eigenvalue weighted by Gasteiger charge is -2.05. The molecule has 0 spiro atoms. The summed E-state index contributed by atoms with van der Waals surface area (Å²) in [4.78, 5) is 10.3. The largest absolute Gasteiger partial charge is 0.480 e. The van der Waals surface area contributed by atoms with Crippen molar-refractivity contribution < 1.29 is 14.8 Å². The fraction of sp³-hybridized carbons (Fsp3) is 0.154. The van der Waals surface area contributed by atoms with Gasteiger partial charge in [-0.25, -0.2) is 0 Å². The van der Waals surface area contributed by atoms with Crippen molar-refractivity contribution in [1.82, 2.24) is 10.2 Å². The molecule has 1 heterocycles. The molecule has 2 aromatic rings. The van der Waals surface area contributed by atoms with Crippen molar-refractivity contribution in [3.63, 3.8) is 0 Å². The molecule has 20 heavy (non-hydrogen) atoms. The van der Waals surface area contributed by atoms with E-state index in [1.54, 1.807) is 12.1 Å². The number of nitrogens with zero attached hydrogens (tertiary/aromatic N) is 2. The van der Waals surface area contributed by atoms with E-state index >= 15 is 0 Å². The van der Waals surface area contributed by atoms with Crippen LogP contribution >= 0.6 is 0 Å². The molecule has 0 aliphatic heterocycles. The maximum Gasteiger partial charge on any atom is 0.310 e. The van der Waals surface area contributed by atoms with Crippen LogP contribution in [0.4, 0.5) is 5.69 Å². The molecule has 1 aromatic carbocycles. The first-order valence-electron chi connectivity index (χ1n) is 5.70. The Morgan fingerprint density at radius 2 is 2.25 bits per heavy atom. The Balaban J connectivity index is 2.14. The van der Waals surface area contributed by atoms with E-state index in [2.05, 4.69) is 22.0 Å². The zero-order valence-corrected chi connectivity index (χ0v) is 10.4. The van der Waals surface area contributed by atoms with Crippen LogP contribution in [0.2, 0.25) is 0 Å². The summed E-state index contributed by atoms with van der Waals surface area (Å²) in [5.74, 6) is 5.38. The SMILES string of the molecule is O=[N+]([O-])c1ccccc1OCc1[nH]ncc1C#CCO. The standard InChI is InChI=1S/C13H11N3O4/c17-7-3-4-10-8-14-15-11(10)9-20-13-6-2-1-5-12(13)16(18)19/h1-2,5-6,8,17H,7,9H2,(H,14,15). The lowest BCUT2D eigenvalue weighted by molar-refractivity contribution is -0.385. The van der Waals surface area contributed by atoms with E-state index in [0.717, 1.165) is 0 Å². The number of hydrogen-bond acceptors (Lipinski definition) is 5. The number of benzene rings is 1. The minimum atomic E-state index is -0.505. The minimum absolute atomic E-state index is 0.0697. The first-order chi connectivity index (χ1) is 9.72. The monoisotopic (exact) mass is 273 g/mol. The molecule has 0 atom stereocenters. The second kappa shape index (κ2) is 6.36. The predicted molar refractivity (Wildman–Crippen MR) is 70.0 cm³/mol. The summed E-state index contributed by atoms with van der Waals surface area (Å²) in [6.07, 6.45) is 1.50. The molecule has 0 amide bonds. The zero-order valence-electron chi connectivity index (χ0n) is 10.4. The van der Waals surface area contributed by atoms with Crippen LogP contribution in [0.25, 0.3) is 0 Å². The maximum absolute atomic E-state index is 10.8. The number of aliphatic hydroxyl groups is 1. The highest BCUT2D eigenvalue weighted by Crippen LogP contribution is 2.26. The number of aromatic nitrogens is 2. The van der Waals surface area contributed by atoms with Crippen molar-refractivity contribution in [1.29, 1.82) is 0 Å². The van der Waals surface area contributed by atoms with Gasteiger partial charge in [-0.15, -0.1) is 0 Å². The first-order valence-corrected chi connectivity index (χ1v) is 5.70. The van der Waals surface area contributed by atoms with Crippen LogP contribution in [0.3, 0.4) is 0 Å². The molecule has 7 heteroatoms. The van der Waals surface area contributed by atoms with Gasteiger partial charge in [0.1, 0.15) is 13.2 Å². The molecule has 0 saturated carbocycles. The van der Waals surface area contributed by atoms with Crippen LogP contribution in [0.1, 0.15) is 11.3 Å². The topological polar surface area (TPSA) is 101 Å². The average molecular weight is 273 g/mol. The molecular formula is C13H11N3O4. The van der Waals surface area contributed by atoms with Gasteiger partial charge in [-0.2, -0.15) is 5.10 Å². The average Bonchev–Trinajstić information content (AvgIpc) is 2.90. The Hall–Kier alpha value is -2.85. The van der Waals surface area contributed by atoms with Gasteiger partial charge in [-0.05, 0) is 6.07 Å². The summed E-state index contributed by atoms with van der Waals surface area (Å²) in [7, 11) is 0. The summed E-state index contributed by atoms with van der Waals surface area (Å²) in [6, 6.07) is 6.11. The van der Waals surface area contributed by atoms with E-state index in [1.807, 2.05) is 0 Å². The molecule has 0 aliphatic carbocycles. The highest BCUT2D eigenvalue weighted by atomic mass is 16.6. The van der Waals surface area contributed by atoms with Crippen LogP contribution in [0, 0.1) is 22.0 Å². The quantitative estimate of drug-likeness (QED) is 0.496. The third kappa shape index (κ3) is 3.13. The normalized spacial score (nSPS) is 9.65. The van der Waals surface area contributed by atoms with Gasteiger partial charge in [0, 0.05) is 6.07 Å². The Morgan fingerprint density at radius 1 is 1.45 bits per heavy atom. The van der Waals surface area contributed by atoms with E-state index in [-0.39, 0.29) is 24.7 Å². The van der Waals surface area contributed by atoms with E-state index in [1.165, 1.54) is 18.3 Å². The van der Waals surface area contributed by atoms with Crippen molar-refractivity contribution in [3.05, 3.63) is 51.8 Å². The van der Waals surface area contributed by atoms with Gasteiger partial charge in [0.05, 0.1) is 22.4 Å². The van der Waals surface area contributed by atoms with Gasteiger partial charge < -0.3 is 9.84 Å². The van der Waals surface area contributed by atoms with E-state index in [0.29, 0.717) is 11.3 Å². The zero-order chi connectivity index (χ0) is 14.4. The third-order valence-corrected chi connectivity index (χ3v) is 2.45. The molecule has 102 valence electrons. The first kappa shape index (κ1) is 13.6. The van der Waals surface area contributed by atoms with Crippen LogP contribution in [0.15, 0.2) is 30.5 Å². The summed E-state index contributed by atoms with van der Waals surface area (Å²) in [5.41, 5.74) is 1.07. The number of H-pyrrole nitrogens is 1. The van der Waals surface area contributed by atoms with Crippen molar-refractivity contribution in [2.45, 2.75) is 6.61 Å². The predicted octanol–water partition coefficient (Wildman–Crippen LogP) is 1.24. The number of aromatic amines is 1. The maximum atomic E-state index is 10.8. The second-order valence-corrected chi connectivity index (χ2v) is 3.74. The second-order valence-electron chi connectivity index (χ2n) is 3.74. The molecule has 2 rings (SSSR count). The smallest absolute Gasteiger partial charge is 0.310 e. The number of hydrogen-bond donors (Lipinski definition) is 2. The fourth-order valence-corrected chi connectivity index (χ4v) is 1.55. The number of nitrogens with one attached hydrogen (secondary N) is 1. The summed E-state index contributed by atoms with van der Waals surface area (Å²) >= 11 is 0. The van der Waals surface area contributed by atoms with Crippen LogP contribution in [-0.4, -0.2) is 26.8 Å². The number of para-hydroxylation sites is 2. The highest BCUT2D eigenvalue weighted by molar-refractivity contribution is 5.46. The van der Waals surface area contributed by atoms with Crippen molar-refractivity contribution >= 4 is 5.69 Å². The van der Waals surface area contributed by atoms with Gasteiger partial charge in [0.2, 0.25) is 0 Å². The van der Waals surface area contributed by atoms with Gasteiger partial charge in [-0.3, -0.25) is 15.2 Å². The molecule has 0 bridgehead atoms. The number of nitro groups is 1. The molecular weight excluding hydrogens is 262 g/mol. The molecule has 1 aromatic heterocycles. The van der Waals surface area contributed by atoms with Crippen molar-refractivity contribution in [2.24, 2.45) is 0 Å². The molecule has 7 nitrogen and oxygen atoms in total. The third-order valence-electron chi connectivity index (χ3n) is 2.45. The lowest BCUT2D eigenvalue weighted by atomic mass is 10.2. The Kier molecular flexibility index (Phi) is 4.32. The molecule has 0 fully saturated rings. The van der Waals surface area contributed by atoms with E-state index in [9.17, 15) is 10.1 Å². The fourth-order valence-electron chi connectivity index (χ4n) is 1.55. The van der Waals surface area contributed by atoms with E-state index < -0.39 is 4.92 Å². The van der Waals surface area contributed by atoms with Crippen LogP contribution in [0.5, 0.6) is 5.75 Å². The number of ether oxygens (including phenoxy) is 1. The molecule has 0 aliphatic rings. The van der Waals surface area contributed by atoms with Gasteiger partial charge in [-0.1, -0.05) is 24.0 Å². The van der Waals surface area contributed by atoms with Crippen molar-refractivity contribution in [2.75, 3.05) is 6.61 Å². The van der Waals surface area contributed by atoms with Gasteiger partial charge >= 0.3 is 5.69 Å². The molecule has 0 unspecified atom stereocenters. The Morgan fingerprint density at radius 3 is 3.00 bits per heavy atom. The number of rotatable bonds is 4. The minimum Gasteiger partial charge on any atom is -0.480 e.